The number of nitrogens with zero attached hydrogens (tertiary/aromatic N) is 1. The van der Waals surface area contributed by atoms with Gasteiger partial charge in [-0.05, 0) is 79.2 Å². The van der Waals surface area contributed by atoms with E-state index >= 15 is 0 Å². The summed E-state index contributed by atoms with van der Waals surface area (Å²) in [5.74, 6) is 0.932. The number of amides is 1. The summed E-state index contributed by atoms with van der Waals surface area (Å²) in [7, 11) is 0. The fraction of sp³-hybridized carbons (Fsp3) is 0.536. The number of rotatable bonds is 6. The van der Waals surface area contributed by atoms with Crippen molar-refractivity contribution in [1.29, 1.82) is 0 Å². The summed E-state index contributed by atoms with van der Waals surface area (Å²) in [6.07, 6.45) is -5.24. The molecule has 0 bridgehead atoms. The lowest BCUT2D eigenvalue weighted by Crippen LogP contribution is -2.39. The Morgan fingerprint density at radius 3 is 1.95 bits per heavy atom. The number of carbonyl (C=O) groups excluding carboxylic acids is 1. The average molecular weight is 525 g/mol. The standard InChI is InChI=1S/C28H30F6N2O/c29-27(30,31)20-12-17(13-21(14-20)28(32,33)34)10-11-35-26(37)25-23-15-36(16-24(23)25)22-8-6-19(7-9-22)18-4-2-1-3-5-18/h1-5,12-14,19,22-25H,6-11,15-16H2,(H,35,37)/t19?,22?,23-,24+,25?. The average Bonchev–Trinajstić information content (AvgIpc) is 3.37. The molecule has 3 fully saturated rings. The van der Waals surface area contributed by atoms with Crippen LogP contribution in [0, 0.1) is 17.8 Å². The highest BCUT2D eigenvalue weighted by Gasteiger charge is 2.59. The third-order valence-corrected chi connectivity index (χ3v) is 8.37. The second kappa shape index (κ2) is 9.97. The van der Waals surface area contributed by atoms with Crippen molar-refractivity contribution in [2.45, 2.75) is 56.4 Å². The van der Waals surface area contributed by atoms with E-state index in [1.807, 2.05) is 6.07 Å². The molecule has 3 aliphatic rings. The van der Waals surface area contributed by atoms with Crippen molar-refractivity contribution in [1.82, 2.24) is 10.2 Å². The van der Waals surface area contributed by atoms with Crippen LogP contribution in [0.2, 0.25) is 0 Å². The first-order chi connectivity index (χ1) is 17.5. The Labute approximate surface area is 212 Å². The van der Waals surface area contributed by atoms with Crippen molar-refractivity contribution in [2.24, 2.45) is 17.8 Å². The molecule has 1 amide bonds. The zero-order valence-corrected chi connectivity index (χ0v) is 20.3. The predicted octanol–water partition coefficient (Wildman–Crippen LogP) is 6.29. The van der Waals surface area contributed by atoms with E-state index in [1.54, 1.807) is 0 Å². The summed E-state index contributed by atoms with van der Waals surface area (Å²) in [5.41, 5.74) is -1.37. The number of likely N-dealkylation sites (tertiary alicyclic amines) is 1. The van der Waals surface area contributed by atoms with Crippen LogP contribution in [0.5, 0.6) is 0 Å². The second-order valence-electron chi connectivity index (χ2n) is 10.7. The van der Waals surface area contributed by atoms with Crippen molar-refractivity contribution in [3.8, 4) is 0 Å². The molecule has 3 atom stereocenters. The van der Waals surface area contributed by atoms with Gasteiger partial charge in [-0.15, -0.1) is 0 Å². The van der Waals surface area contributed by atoms with E-state index in [2.05, 4.69) is 34.5 Å². The van der Waals surface area contributed by atoms with Crippen LogP contribution in [0.4, 0.5) is 26.3 Å². The number of alkyl halides is 6. The van der Waals surface area contributed by atoms with Gasteiger partial charge in [0, 0.05) is 31.6 Å². The molecule has 2 aliphatic carbocycles. The number of halogens is 6. The van der Waals surface area contributed by atoms with Crippen molar-refractivity contribution in [3.63, 3.8) is 0 Å². The van der Waals surface area contributed by atoms with E-state index < -0.39 is 23.5 Å². The number of hydrogen-bond donors (Lipinski definition) is 1. The SMILES string of the molecule is O=C(NCCc1cc(C(F)(F)F)cc(C(F)(F)F)c1)C1[C@H]2CN(C3CCC(c4ccccc4)CC3)C[C@@H]12. The Hall–Kier alpha value is -2.55. The summed E-state index contributed by atoms with van der Waals surface area (Å²) in [4.78, 5) is 15.2. The number of hydrogen-bond acceptors (Lipinski definition) is 2. The lowest BCUT2D eigenvalue weighted by Gasteiger charge is -2.36. The lowest BCUT2D eigenvalue weighted by atomic mass is 9.81. The maximum absolute atomic E-state index is 13.1. The summed E-state index contributed by atoms with van der Waals surface area (Å²) < 4.78 is 78.3. The Kier molecular flexibility index (Phi) is 7.02. The van der Waals surface area contributed by atoms with Crippen LogP contribution in [0.15, 0.2) is 48.5 Å². The van der Waals surface area contributed by atoms with Gasteiger partial charge in [0.05, 0.1) is 11.1 Å². The topological polar surface area (TPSA) is 32.3 Å². The van der Waals surface area contributed by atoms with Crippen LogP contribution < -0.4 is 5.32 Å². The number of benzene rings is 2. The van der Waals surface area contributed by atoms with Crippen LogP contribution in [0.25, 0.3) is 0 Å². The first-order valence-electron chi connectivity index (χ1n) is 12.9. The highest BCUT2D eigenvalue weighted by molar-refractivity contribution is 5.82. The molecule has 1 unspecified atom stereocenters. The van der Waals surface area contributed by atoms with Gasteiger partial charge >= 0.3 is 12.4 Å². The van der Waals surface area contributed by atoms with Crippen molar-refractivity contribution in [3.05, 3.63) is 70.8 Å². The molecular formula is C28H30F6N2O. The van der Waals surface area contributed by atoms with Gasteiger partial charge in [-0.25, -0.2) is 0 Å². The fourth-order valence-electron chi connectivity index (χ4n) is 6.36. The number of carbonyl (C=O) groups is 1. The third-order valence-electron chi connectivity index (χ3n) is 8.37. The zero-order chi connectivity index (χ0) is 26.4. The number of nitrogens with one attached hydrogen (secondary N) is 1. The normalized spacial score (nSPS) is 28.1. The molecule has 37 heavy (non-hydrogen) atoms. The Bertz CT molecular complexity index is 1060. The monoisotopic (exact) mass is 524 g/mol. The van der Waals surface area contributed by atoms with Crippen LogP contribution in [0.1, 0.15) is 53.9 Å². The van der Waals surface area contributed by atoms with E-state index in [1.165, 1.54) is 5.56 Å². The third kappa shape index (κ3) is 5.81. The van der Waals surface area contributed by atoms with Gasteiger partial charge in [0.15, 0.2) is 0 Å². The molecule has 0 radical (unpaired) electrons. The van der Waals surface area contributed by atoms with Crippen molar-refractivity contribution in [2.75, 3.05) is 19.6 Å². The minimum absolute atomic E-state index is 0.000590. The fourth-order valence-corrected chi connectivity index (χ4v) is 6.36. The second-order valence-corrected chi connectivity index (χ2v) is 10.7. The van der Waals surface area contributed by atoms with Gasteiger partial charge < -0.3 is 5.32 Å². The van der Waals surface area contributed by atoms with E-state index in [9.17, 15) is 31.1 Å². The molecule has 9 heteroatoms. The number of piperidine rings is 1. The Morgan fingerprint density at radius 1 is 0.838 bits per heavy atom. The van der Waals surface area contributed by atoms with Crippen molar-refractivity contribution < 1.29 is 31.1 Å². The maximum Gasteiger partial charge on any atom is 0.416 e. The summed E-state index contributed by atoms with van der Waals surface area (Å²) >= 11 is 0. The van der Waals surface area contributed by atoms with Gasteiger partial charge in [0.25, 0.3) is 0 Å². The first-order valence-corrected chi connectivity index (χ1v) is 12.9. The zero-order valence-electron chi connectivity index (χ0n) is 20.3. The quantitative estimate of drug-likeness (QED) is 0.451. The van der Waals surface area contributed by atoms with Gasteiger partial charge in [0.2, 0.25) is 5.91 Å². The van der Waals surface area contributed by atoms with Gasteiger partial charge in [-0.2, -0.15) is 26.3 Å². The lowest BCUT2D eigenvalue weighted by molar-refractivity contribution is -0.143. The van der Waals surface area contributed by atoms with E-state index in [-0.39, 0.29) is 48.3 Å². The largest absolute Gasteiger partial charge is 0.416 e. The van der Waals surface area contributed by atoms with E-state index in [4.69, 9.17) is 0 Å². The van der Waals surface area contributed by atoms with E-state index in [0.29, 0.717) is 12.0 Å². The Balaban J connectivity index is 1.08. The summed E-state index contributed by atoms with van der Waals surface area (Å²) in [5, 5.41) is 2.74. The van der Waals surface area contributed by atoms with Gasteiger partial charge in [0.1, 0.15) is 0 Å². The first kappa shape index (κ1) is 26.1. The molecular weight excluding hydrogens is 494 g/mol. The molecule has 200 valence electrons. The molecule has 3 nitrogen and oxygen atoms in total. The van der Waals surface area contributed by atoms with Crippen LogP contribution in [-0.2, 0) is 23.6 Å². The van der Waals surface area contributed by atoms with Crippen LogP contribution >= 0.6 is 0 Å². The minimum atomic E-state index is -4.88. The molecule has 0 spiro atoms. The Morgan fingerprint density at radius 2 is 1.41 bits per heavy atom. The minimum Gasteiger partial charge on any atom is -0.356 e. The molecule has 1 N–H and O–H groups in total. The molecule has 1 saturated heterocycles. The smallest absolute Gasteiger partial charge is 0.356 e. The molecule has 2 aromatic rings. The van der Waals surface area contributed by atoms with Crippen LogP contribution in [-0.4, -0.2) is 36.5 Å². The molecule has 5 rings (SSSR count). The molecule has 0 aromatic heterocycles. The highest BCUT2D eigenvalue weighted by atomic mass is 19.4. The highest BCUT2D eigenvalue weighted by Crippen LogP contribution is 2.53. The summed E-state index contributed by atoms with van der Waals surface area (Å²) in [6.45, 7) is 1.76. The van der Waals surface area contributed by atoms with E-state index in [0.717, 1.165) is 50.9 Å². The molecule has 2 saturated carbocycles. The number of fused-ring (bicyclic) bond motifs is 1. The van der Waals surface area contributed by atoms with Gasteiger partial charge in [-0.1, -0.05) is 30.3 Å². The van der Waals surface area contributed by atoms with Crippen molar-refractivity contribution >= 4 is 5.91 Å². The predicted molar refractivity (Wildman–Crippen MR) is 127 cm³/mol. The maximum atomic E-state index is 13.1. The molecule has 2 aromatic carbocycles. The molecule has 1 aliphatic heterocycles. The molecule has 1 heterocycles. The van der Waals surface area contributed by atoms with Crippen LogP contribution in [0.3, 0.4) is 0 Å². The van der Waals surface area contributed by atoms with Gasteiger partial charge in [-0.3, -0.25) is 9.69 Å². The summed E-state index contributed by atoms with van der Waals surface area (Å²) in [6, 6.07) is 12.7.